The van der Waals surface area contributed by atoms with Crippen LogP contribution in [0.1, 0.15) is 37.9 Å². The molecule has 0 aliphatic carbocycles. The van der Waals surface area contributed by atoms with E-state index in [9.17, 15) is 9.59 Å². The van der Waals surface area contributed by atoms with Crippen LogP contribution in [0.25, 0.3) is 6.08 Å². The molecule has 10 heteroatoms. The van der Waals surface area contributed by atoms with Crippen molar-refractivity contribution < 1.29 is 28.5 Å². The van der Waals surface area contributed by atoms with Gasteiger partial charge in [0.15, 0.2) is 27.8 Å². The third-order valence-corrected chi connectivity index (χ3v) is 6.93. The Balaban J connectivity index is 1.85. The third-order valence-electron chi connectivity index (χ3n) is 5.93. The number of thiazole rings is 1. The molecule has 0 spiro atoms. The SMILES string of the molecule is C=CCOc1ccc(/C=c2\sc3n(c2=O)[C@H](c2ccc(OCC)c(OCC)c2)C(C(=O)OC)=CN=3)cc1OCC. The predicted molar refractivity (Wildman–Crippen MR) is 153 cm³/mol. The van der Waals surface area contributed by atoms with Crippen molar-refractivity contribution in [3.8, 4) is 23.0 Å². The lowest BCUT2D eigenvalue weighted by Crippen LogP contribution is -2.39. The van der Waals surface area contributed by atoms with Gasteiger partial charge in [-0.3, -0.25) is 9.36 Å². The number of ether oxygens (including phenoxy) is 5. The molecule has 2 aromatic carbocycles. The fourth-order valence-corrected chi connectivity index (χ4v) is 5.26. The maximum atomic E-state index is 13.8. The Labute approximate surface area is 236 Å². The Morgan fingerprint density at radius 1 is 0.975 bits per heavy atom. The highest BCUT2D eigenvalue weighted by atomic mass is 32.1. The van der Waals surface area contributed by atoms with Crippen LogP contribution in [-0.4, -0.2) is 44.1 Å². The first-order valence-corrected chi connectivity index (χ1v) is 13.8. The van der Waals surface area contributed by atoms with Gasteiger partial charge in [0.1, 0.15) is 6.61 Å². The van der Waals surface area contributed by atoms with E-state index in [1.807, 2.05) is 39.0 Å². The van der Waals surface area contributed by atoms with Gasteiger partial charge in [0.25, 0.3) is 5.56 Å². The van der Waals surface area contributed by atoms with E-state index in [0.717, 1.165) is 5.56 Å². The van der Waals surface area contributed by atoms with E-state index in [1.54, 1.807) is 30.4 Å². The highest BCUT2D eigenvalue weighted by Crippen LogP contribution is 2.35. The van der Waals surface area contributed by atoms with Crippen LogP contribution >= 0.6 is 11.3 Å². The lowest BCUT2D eigenvalue weighted by Gasteiger charge is -2.23. The van der Waals surface area contributed by atoms with Crippen molar-refractivity contribution in [1.82, 2.24) is 4.57 Å². The van der Waals surface area contributed by atoms with Crippen molar-refractivity contribution in [2.24, 2.45) is 4.99 Å². The van der Waals surface area contributed by atoms with Gasteiger partial charge in [-0.2, -0.15) is 0 Å². The van der Waals surface area contributed by atoms with Crippen LogP contribution < -0.4 is 33.8 Å². The van der Waals surface area contributed by atoms with E-state index < -0.39 is 12.0 Å². The van der Waals surface area contributed by atoms with Gasteiger partial charge in [0.2, 0.25) is 0 Å². The normalized spacial score (nSPS) is 14.4. The molecule has 0 radical (unpaired) electrons. The second-order valence-electron chi connectivity index (χ2n) is 8.49. The minimum atomic E-state index is -0.769. The number of hydrogen-bond acceptors (Lipinski definition) is 9. The number of methoxy groups -OCH3 is 1. The highest BCUT2D eigenvalue weighted by Gasteiger charge is 2.31. The summed E-state index contributed by atoms with van der Waals surface area (Å²) >= 11 is 1.23. The van der Waals surface area contributed by atoms with Crippen LogP contribution in [0.3, 0.4) is 0 Å². The summed E-state index contributed by atoms with van der Waals surface area (Å²) in [5, 5.41) is 0. The molecule has 1 atom stereocenters. The summed E-state index contributed by atoms with van der Waals surface area (Å²) in [6.07, 6.45) is 4.89. The molecule has 2 heterocycles. The van der Waals surface area contributed by atoms with Gasteiger partial charge in [0.05, 0.1) is 43.1 Å². The van der Waals surface area contributed by atoms with Gasteiger partial charge >= 0.3 is 5.97 Å². The summed E-state index contributed by atoms with van der Waals surface area (Å²) in [6.45, 7) is 11.0. The molecule has 0 amide bonds. The average Bonchev–Trinajstić information content (AvgIpc) is 3.27. The maximum absolute atomic E-state index is 13.8. The van der Waals surface area contributed by atoms with Crippen LogP contribution in [0.4, 0.5) is 0 Å². The van der Waals surface area contributed by atoms with Gasteiger partial charge in [-0.25, -0.2) is 9.79 Å². The second kappa shape index (κ2) is 13.2. The van der Waals surface area contributed by atoms with E-state index in [-0.39, 0.29) is 11.1 Å². The smallest absolute Gasteiger partial charge is 0.337 e. The monoisotopic (exact) mass is 564 g/mol. The maximum Gasteiger partial charge on any atom is 0.337 e. The van der Waals surface area contributed by atoms with Crippen molar-refractivity contribution in [3.05, 3.63) is 91.6 Å². The number of carbonyl (C=O) groups is 1. The van der Waals surface area contributed by atoms with E-state index >= 15 is 0 Å². The fraction of sp³-hybridized carbons (Fsp3) is 0.300. The lowest BCUT2D eigenvalue weighted by molar-refractivity contribution is -0.136. The molecule has 0 N–H and O–H groups in total. The molecule has 0 saturated carbocycles. The Hall–Kier alpha value is -4.31. The van der Waals surface area contributed by atoms with Crippen molar-refractivity contribution in [2.45, 2.75) is 26.8 Å². The summed E-state index contributed by atoms with van der Waals surface area (Å²) in [7, 11) is 1.30. The number of esters is 1. The Morgan fingerprint density at radius 3 is 2.30 bits per heavy atom. The van der Waals surface area contributed by atoms with E-state index in [1.165, 1.54) is 29.2 Å². The van der Waals surface area contributed by atoms with E-state index in [0.29, 0.717) is 64.3 Å². The molecule has 0 bridgehead atoms. The van der Waals surface area contributed by atoms with Gasteiger partial charge in [-0.15, -0.1) is 0 Å². The third kappa shape index (κ3) is 5.96. The van der Waals surface area contributed by atoms with Gasteiger partial charge in [0, 0.05) is 6.20 Å². The Kier molecular flexibility index (Phi) is 9.44. The lowest BCUT2D eigenvalue weighted by atomic mass is 9.97. The number of hydrogen-bond donors (Lipinski definition) is 0. The number of rotatable bonds is 12. The van der Waals surface area contributed by atoms with Gasteiger partial charge < -0.3 is 23.7 Å². The molecule has 9 nitrogen and oxygen atoms in total. The summed E-state index contributed by atoms with van der Waals surface area (Å²) in [4.78, 5) is 31.5. The first-order valence-electron chi connectivity index (χ1n) is 12.9. The topological polar surface area (TPSA) is 97.6 Å². The van der Waals surface area contributed by atoms with Crippen molar-refractivity contribution in [1.29, 1.82) is 0 Å². The largest absolute Gasteiger partial charge is 0.490 e. The minimum Gasteiger partial charge on any atom is -0.490 e. The number of benzene rings is 2. The molecule has 40 heavy (non-hydrogen) atoms. The highest BCUT2D eigenvalue weighted by molar-refractivity contribution is 7.07. The zero-order chi connectivity index (χ0) is 28.6. The molecular formula is C30H32N2O7S. The first-order chi connectivity index (χ1) is 19.4. The molecule has 0 saturated heterocycles. The van der Waals surface area contributed by atoms with E-state index in [4.69, 9.17) is 23.7 Å². The second-order valence-corrected chi connectivity index (χ2v) is 9.50. The molecule has 0 fully saturated rings. The standard InChI is InChI=1S/C30H32N2O7S/c1-6-14-39-23-12-10-19(15-24(23)37-8-3)16-26-28(33)32-27(21(29(34)35-5)18-31-30(32)40-26)20-11-13-22(36-7-2)25(17-20)38-9-4/h6,10-13,15-18,27H,1,7-9,14H2,2-5H3/b26-16-/t27-/m1/s1. The summed E-state index contributed by atoms with van der Waals surface area (Å²) in [5.74, 6) is 1.67. The number of nitrogens with zero attached hydrogens (tertiary/aromatic N) is 2. The van der Waals surface area contributed by atoms with Crippen LogP contribution in [0, 0.1) is 0 Å². The van der Waals surface area contributed by atoms with Crippen molar-refractivity contribution >= 4 is 23.4 Å². The number of fused-ring (bicyclic) bond motifs is 1. The molecule has 0 unspecified atom stereocenters. The quantitative estimate of drug-likeness (QED) is 0.244. The average molecular weight is 565 g/mol. The molecular weight excluding hydrogens is 532 g/mol. The van der Waals surface area contributed by atoms with Gasteiger partial charge in [-0.05, 0) is 62.2 Å². The van der Waals surface area contributed by atoms with Crippen LogP contribution in [0.2, 0.25) is 0 Å². The zero-order valence-corrected chi connectivity index (χ0v) is 23.8. The number of carbonyl (C=O) groups excluding carboxylic acids is 1. The molecule has 4 rings (SSSR count). The number of aromatic nitrogens is 1. The Morgan fingerprint density at radius 2 is 1.62 bits per heavy atom. The summed E-state index contributed by atoms with van der Waals surface area (Å²) in [5.41, 5.74) is 1.35. The minimum absolute atomic E-state index is 0.232. The molecule has 1 aliphatic rings. The Bertz CT molecular complexity index is 1600. The molecule has 3 aromatic rings. The first kappa shape index (κ1) is 28.7. The summed E-state index contributed by atoms with van der Waals surface area (Å²) < 4.78 is 29.9. The molecule has 1 aromatic heterocycles. The van der Waals surface area contributed by atoms with Crippen LogP contribution in [0.5, 0.6) is 23.0 Å². The molecule has 1 aliphatic heterocycles. The summed E-state index contributed by atoms with van der Waals surface area (Å²) in [6, 6.07) is 10.1. The van der Waals surface area contributed by atoms with Gasteiger partial charge in [-0.1, -0.05) is 36.1 Å². The predicted octanol–water partition coefficient (Wildman–Crippen LogP) is 3.78. The van der Waals surface area contributed by atoms with Crippen molar-refractivity contribution in [3.63, 3.8) is 0 Å². The molecule has 210 valence electrons. The van der Waals surface area contributed by atoms with Crippen molar-refractivity contribution in [2.75, 3.05) is 33.5 Å². The van der Waals surface area contributed by atoms with Crippen LogP contribution in [0.15, 0.2) is 70.6 Å². The zero-order valence-electron chi connectivity index (χ0n) is 23.0. The fourth-order valence-electron chi connectivity index (χ4n) is 4.29. The van der Waals surface area contributed by atoms with E-state index in [2.05, 4.69) is 11.6 Å². The van der Waals surface area contributed by atoms with Crippen LogP contribution in [-0.2, 0) is 9.53 Å².